The van der Waals surface area contributed by atoms with Crippen LogP contribution in [0.1, 0.15) is 5.56 Å². The summed E-state index contributed by atoms with van der Waals surface area (Å²) in [5.41, 5.74) is 1.53. The van der Waals surface area contributed by atoms with Gasteiger partial charge in [-0.3, -0.25) is 4.79 Å². The number of carboxylic acids is 1. The number of piperazine rings is 1. The fourth-order valence-electron chi connectivity index (χ4n) is 3.00. The summed E-state index contributed by atoms with van der Waals surface area (Å²) in [5, 5.41) is 8.90. The lowest BCUT2D eigenvalue weighted by molar-refractivity contribution is -0.136. The highest BCUT2D eigenvalue weighted by Crippen LogP contribution is 2.24. The monoisotopic (exact) mass is 438 g/mol. The van der Waals surface area contributed by atoms with E-state index in [0.29, 0.717) is 31.7 Å². The zero-order valence-electron chi connectivity index (χ0n) is 14.0. The first-order chi connectivity index (χ1) is 12.4. The van der Waals surface area contributed by atoms with Gasteiger partial charge in [0.25, 0.3) is 0 Å². The molecule has 0 radical (unpaired) electrons. The van der Waals surface area contributed by atoms with E-state index < -0.39 is 16.0 Å². The molecule has 0 aliphatic carbocycles. The average Bonchev–Trinajstić information content (AvgIpc) is 2.61. The van der Waals surface area contributed by atoms with Crippen molar-refractivity contribution >= 4 is 37.6 Å². The number of nitrogens with zero attached hydrogens (tertiary/aromatic N) is 2. The van der Waals surface area contributed by atoms with Crippen LogP contribution in [-0.2, 0) is 21.2 Å². The first-order valence-corrected chi connectivity index (χ1v) is 10.4. The van der Waals surface area contributed by atoms with Gasteiger partial charge >= 0.3 is 5.97 Å². The molecule has 1 fully saturated rings. The molecule has 0 bridgehead atoms. The predicted molar refractivity (Wildman–Crippen MR) is 103 cm³/mol. The summed E-state index contributed by atoms with van der Waals surface area (Å²) >= 11 is 3.45. The number of halogens is 1. The highest BCUT2D eigenvalue weighted by molar-refractivity contribution is 9.10. The van der Waals surface area contributed by atoms with Crippen molar-refractivity contribution in [3.8, 4) is 0 Å². The molecule has 1 N–H and O–H groups in total. The standard InChI is InChI=1S/C18H19BrN2O4S/c19-15-4-2-5-16(13-15)20-7-9-21(10-8-20)26(24,25)17-6-1-3-14(11-17)12-18(22)23/h1-6,11,13H,7-10,12H2,(H,22,23). The zero-order chi connectivity index (χ0) is 18.7. The molecule has 1 saturated heterocycles. The van der Waals surface area contributed by atoms with Gasteiger partial charge in [-0.1, -0.05) is 34.1 Å². The Hall–Kier alpha value is -1.90. The van der Waals surface area contributed by atoms with Crippen molar-refractivity contribution in [1.29, 1.82) is 0 Å². The number of carboxylic acid groups (broad SMARTS) is 1. The van der Waals surface area contributed by atoms with E-state index in [1.54, 1.807) is 12.1 Å². The van der Waals surface area contributed by atoms with E-state index in [-0.39, 0.29) is 11.3 Å². The topological polar surface area (TPSA) is 77.9 Å². The molecule has 1 aliphatic rings. The van der Waals surface area contributed by atoms with Crippen LogP contribution >= 0.6 is 15.9 Å². The molecule has 2 aromatic carbocycles. The van der Waals surface area contributed by atoms with E-state index in [1.807, 2.05) is 24.3 Å². The Balaban J connectivity index is 1.73. The molecule has 138 valence electrons. The summed E-state index contributed by atoms with van der Waals surface area (Å²) in [6.45, 7) is 1.98. The van der Waals surface area contributed by atoms with Crippen LogP contribution in [0.15, 0.2) is 57.9 Å². The highest BCUT2D eigenvalue weighted by Gasteiger charge is 2.28. The largest absolute Gasteiger partial charge is 0.481 e. The van der Waals surface area contributed by atoms with E-state index in [1.165, 1.54) is 16.4 Å². The third-order valence-corrected chi connectivity index (χ3v) is 6.69. The van der Waals surface area contributed by atoms with Crippen molar-refractivity contribution < 1.29 is 18.3 Å². The van der Waals surface area contributed by atoms with Crippen LogP contribution in [0.3, 0.4) is 0 Å². The van der Waals surface area contributed by atoms with Crippen LogP contribution in [-0.4, -0.2) is 50.0 Å². The lowest BCUT2D eigenvalue weighted by atomic mass is 10.2. The molecule has 0 spiro atoms. The van der Waals surface area contributed by atoms with Crippen LogP contribution in [0.25, 0.3) is 0 Å². The number of carbonyl (C=O) groups is 1. The van der Waals surface area contributed by atoms with E-state index in [9.17, 15) is 13.2 Å². The Labute approximate surface area is 161 Å². The van der Waals surface area contributed by atoms with Crippen molar-refractivity contribution in [2.75, 3.05) is 31.1 Å². The lowest BCUT2D eigenvalue weighted by Crippen LogP contribution is -2.48. The fourth-order valence-corrected chi connectivity index (χ4v) is 4.88. The lowest BCUT2D eigenvalue weighted by Gasteiger charge is -2.35. The number of hydrogen-bond donors (Lipinski definition) is 1. The third-order valence-electron chi connectivity index (χ3n) is 4.30. The molecule has 0 unspecified atom stereocenters. The van der Waals surface area contributed by atoms with Gasteiger partial charge in [-0.15, -0.1) is 0 Å². The van der Waals surface area contributed by atoms with Gasteiger partial charge in [-0.2, -0.15) is 4.31 Å². The molecule has 0 atom stereocenters. The Kier molecular flexibility index (Phi) is 5.64. The molecule has 8 heteroatoms. The fraction of sp³-hybridized carbons (Fsp3) is 0.278. The molecule has 6 nitrogen and oxygen atoms in total. The SMILES string of the molecule is O=C(O)Cc1cccc(S(=O)(=O)N2CCN(c3cccc(Br)c3)CC2)c1. The minimum atomic E-state index is -3.63. The first-order valence-electron chi connectivity index (χ1n) is 8.18. The predicted octanol–water partition coefficient (Wildman–Crippen LogP) is 2.59. The van der Waals surface area contributed by atoms with E-state index in [4.69, 9.17) is 5.11 Å². The maximum atomic E-state index is 12.9. The van der Waals surface area contributed by atoms with Gasteiger partial charge in [0.1, 0.15) is 0 Å². The average molecular weight is 439 g/mol. The molecular formula is C18H19BrN2O4S. The van der Waals surface area contributed by atoms with E-state index in [2.05, 4.69) is 20.8 Å². The Morgan fingerprint density at radius 2 is 1.73 bits per heavy atom. The second-order valence-corrected chi connectivity index (χ2v) is 8.94. The molecule has 1 aliphatic heterocycles. The van der Waals surface area contributed by atoms with Gasteiger partial charge in [0.2, 0.25) is 10.0 Å². The maximum Gasteiger partial charge on any atom is 0.307 e. The number of hydrogen-bond acceptors (Lipinski definition) is 4. The van der Waals surface area contributed by atoms with E-state index in [0.717, 1.165) is 10.2 Å². The number of aliphatic carboxylic acids is 1. The molecule has 3 rings (SSSR count). The van der Waals surface area contributed by atoms with Gasteiger partial charge in [0.05, 0.1) is 11.3 Å². The molecule has 0 aromatic heterocycles. The minimum absolute atomic E-state index is 0.146. The number of rotatable bonds is 5. The quantitative estimate of drug-likeness (QED) is 0.775. The van der Waals surface area contributed by atoms with E-state index >= 15 is 0 Å². The summed E-state index contributed by atoms with van der Waals surface area (Å²) in [5.74, 6) is -0.984. The Bertz CT molecular complexity index is 909. The number of sulfonamides is 1. The number of benzene rings is 2. The van der Waals surface area contributed by atoms with Crippen LogP contribution in [0.2, 0.25) is 0 Å². The molecule has 2 aromatic rings. The molecule has 1 heterocycles. The highest BCUT2D eigenvalue weighted by atomic mass is 79.9. The second-order valence-electron chi connectivity index (χ2n) is 6.09. The molecular weight excluding hydrogens is 420 g/mol. The van der Waals surface area contributed by atoms with Crippen LogP contribution in [0, 0.1) is 0 Å². The van der Waals surface area contributed by atoms with Crippen molar-refractivity contribution in [3.63, 3.8) is 0 Å². The summed E-state index contributed by atoms with van der Waals surface area (Å²) in [4.78, 5) is 13.2. The van der Waals surface area contributed by atoms with Crippen molar-refractivity contribution in [1.82, 2.24) is 4.31 Å². The summed E-state index contributed by atoms with van der Waals surface area (Å²) in [6, 6.07) is 14.1. The summed E-state index contributed by atoms with van der Waals surface area (Å²) < 4.78 is 28.2. The van der Waals surface area contributed by atoms with Crippen molar-refractivity contribution in [3.05, 3.63) is 58.6 Å². The third kappa shape index (κ3) is 4.25. The van der Waals surface area contributed by atoms with Crippen molar-refractivity contribution in [2.24, 2.45) is 0 Å². The van der Waals surface area contributed by atoms with Gasteiger partial charge < -0.3 is 10.0 Å². The molecule has 0 amide bonds. The minimum Gasteiger partial charge on any atom is -0.481 e. The smallest absolute Gasteiger partial charge is 0.307 e. The number of anilines is 1. The Morgan fingerprint density at radius 1 is 1.04 bits per heavy atom. The molecule has 26 heavy (non-hydrogen) atoms. The van der Waals surface area contributed by atoms with Gasteiger partial charge in [-0.05, 0) is 35.9 Å². The van der Waals surface area contributed by atoms with Gasteiger partial charge in [-0.25, -0.2) is 8.42 Å². The van der Waals surface area contributed by atoms with Crippen molar-refractivity contribution in [2.45, 2.75) is 11.3 Å². The summed E-state index contributed by atoms with van der Waals surface area (Å²) in [7, 11) is -3.63. The zero-order valence-corrected chi connectivity index (χ0v) is 16.4. The van der Waals surface area contributed by atoms with Crippen LogP contribution in [0.4, 0.5) is 5.69 Å². The van der Waals surface area contributed by atoms with Gasteiger partial charge in [0.15, 0.2) is 0 Å². The van der Waals surface area contributed by atoms with Crippen LogP contribution < -0.4 is 4.90 Å². The normalized spacial score (nSPS) is 15.8. The molecule has 0 saturated carbocycles. The Morgan fingerprint density at radius 3 is 2.38 bits per heavy atom. The first kappa shape index (κ1) is 18.9. The van der Waals surface area contributed by atoms with Crippen LogP contribution in [0.5, 0.6) is 0 Å². The maximum absolute atomic E-state index is 12.9. The van der Waals surface area contributed by atoms with Gasteiger partial charge in [0, 0.05) is 36.3 Å². The second kappa shape index (κ2) is 7.77. The summed E-state index contributed by atoms with van der Waals surface area (Å²) in [6.07, 6.45) is -0.194.